The van der Waals surface area contributed by atoms with Crippen molar-refractivity contribution in [2.24, 2.45) is 5.92 Å². The number of halogens is 3. The van der Waals surface area contributed by atoms with E-state index in [2.05, 4.69) is 30.6 Å². The van der Waals surface area contributed by atoms with Gasteiger partial charge in [-0.15, -0.1) is 0 Å². The monoisotopic (exact) mass is 507 g/mol. The van der Waals surface area contributed by atoms with Gasteiger partial charge in [0.05, 0.1) is 17.4 Å². The summed E-state index contributed by atoms with van der Waals surface area (Å²) in [7, 11) is 1.83. The maximum absolute atomic E-state index is 12.9. The van der Waals surface area contributed by atoms with Gasteiger partial charge < -0.3 is 20.3 Å². The highest BCUT2D eigenvalue weighted by Crippen LogP contribution is 2.36. The van der Waals surface area contributed by atoms with Crippen molar-refractivity contribution in [2.75, 3.05) is 22.6 Å². The van der Waals surface area contributed by atoms with E-state index in [9.17, 15) is 18.0 Å². The van der Waals surface area contributed by atoms with Crippen molar-refractivity contribution in [2.45, 2.75) is 83.8 Å². The maximum atomic E-state index is 12.9. The van der Waals surface area contributed by atoms with Gasteiger partial charge in [-0.1, -0.05) is 0 Å². The van der Waals surface area contributed by atoms with Gasteiger partial charge in [0, 0.05) is 25.5 Å². The van der Waals surface area contributed by atoms with Crippen LogP contribution in [0.5, 0.6) is 0 Å². The van der Waals surface area contributed by atoms with Gasteiger partial charge in [0.1, 0.15) is 11.7 Å². The molecule has 3 heterocycles. The quantitative estimate of drug-likeness (QED) is 0.605. The fourth-order valence-electron chi connectivity index (χ4n) is 4.82. The summed E-state index contributed by atoms with van der Waals surface area (Å²) in [5, 5.41) is 6.29. The first kappa shape index (κ1) is 26.1. The summed E-state index contributed by atoms with van der Waals surface area (Å²) >= 11 is 0. The van der Waals surface area contributed by atoms with Crippen molar-refractivity contribution in [1.82, 2.24) is 19.9 Å². The Bertz CT molecular complexity index is 1110. The Hall–Kier alpha value is -3.02. The summed E-state index contributed by atoms with van der Waals surface area (Å²) in [5.41, 5.74) is 1.52. The minimum Gasteiger partial charge on any atom is -0.370 e. The average molecular weight is 508 g/mol. The number of hydrogen-bond acceptors (Lipinski definition) is 8. The van der Waals surface area contributed by atoms with Crippen LogP contribution in [0.2, 0.25) is 0 Å². The number of nitrogens with zero attached hydrogens (tertiary/aromatic N) is 5. The molecule has 0 saturated heterocycles. The van der Waals surface area contributed by atoms with Crippen molar-refractivity contribution in [1.29, 1.82) is 0 Å². The van der Waals surface area contributed by atoms with Gasteiger partial charge in [0.15, 0.2) is 5.82 Å². The number of amides is 1. The predicted molar refractivity (Wildman–Crippen MR) is 129 cm³/mol. The van der Waals surface area contributed by atoms with E-state index in [4.69, 9.17) is 4.74 Å². The summed E-state index contributed by atoms with van der Waals surface area (Å²) in [6, 6.07) is -0.400. The number of fused-ring (bicyclic) bond motifs is 1. The third kappa shape index (κ3) is 5.69. The van der Waals surface area contributed by atoms with E-state index in [0.29, 0.717) is 41.0 Å². The Morgan fingerprint density at radius 3 is 2.42 bits per heavy atom. The summed E-state index contributed by atoms with van der Waals surface area (Å²) < 4.78 is 44.0. The van der Waals surface area contributed by atoms with E-state index in [1.165, 1.54) is 12.4 Å². The second-order valence-corrected chi connectivity index (χ2v) is 10.6. The van der Waals surface area contributed by atoms with Crippen LogP contribution in [0, 0.1) is 12.8 Å². The zero-order chi connectivity index (χ0) is 26.4. The fraction of sp³-hybridized carbons (Fsp3) is 0.625. The summed E-state index contributed by atoms with van der Waals surface area (Å²) in [4.78, 5) is 30.8. The Balaban J connectivity index is 1.39. The summed E-state index contributed by atoms with van der Waals surface area (Å²) in [6.07, 6.45) is -0.141. The van der Waals surface area contributed by atoms with Gasteiger partial charge in [-0.2, -0.15) is 18.2 Å². The highest BCUT2D eigenvalue weighted by molar-refractivity contribution is 6.03. The molecule has 2 atom stereocenters. The number of likely N-dealkylation sites (N-methyl/N-ethyl adjacent to an activating group) is 1. The zero-order valence-electron chi connectivity index (χ0n) is 21.3. The van der Waals surface area contributed by atoms with Gasteiger partial charge in [0.2, 0.25) is 17.7 Å². The summed E-state index contributed by atoms with van der Waals surface area (Å²) in [6.45, 7) is 9.54. The molecule has 1 saturated carbocycles. The number of alkyl halides is 3. The van der Waals surface area contributed by atoms with Crippen molar-refractivity contribution < 1.29 is 22.7 Å². The Labute approximate surface area is 208 Å². The van der Waals surface area contributed by atoms with Crippen LogP contribution in [0.1, 0.15) is 57.6 Å². The molecule has 2 N–H and O–H groups in total. The van der Waals surface area contributed by atoms with Crippen molar-refractivity contribution in [3.63, 3.8) is 0 Å². The zero-order valence-corrected chi connectivity index (χ0v) is 21.3. The van der Waals surface area contributed by atoms with Crippen LogP contribution in [0.4, 0.5) is 30.6 Å². The molecule has 1 fully saturated rings. The summed E-state index contributed by atoms with van der Waals surface area (Å²) in [5.74, 6) is 0.115. The van der Waals surface area contributed by atoms with Gasteiger partial charge in [0.25, 0.3) is 0 Å². The van der Waals surface area contributed by atoms with Crippen LogP contribution in [-0.2, 0) is 22.1 Å². The minimum absolute atomic E-state index is 0.144. The normalized spacial score (nSPS) is 23.0. The van der Waals surface area contributed by atoms with Crippen molar-refractivity contribution >= 4 is 23.4 Å². The van der Waals surface area contributed by atoms with Gasteiger partial charge in [-0.3, -0.25) is 4.79 Å². The second kappa shape index (κ2) is 9.45. The van der Waals surface area contributed by atoms with Gasteiger partial charge >= 0.3 is 6.18 Å². The molecular formula is C24H32F3N7O2. The maximum Gasteiger partial charge on any atom is 0.451 e. The smallest absolute Gasteiger partial charge is 0.370 e. The fourth-order valence-corrected chi connectivity index (χ4v) is 4.82. The number of ether oxygens (including phenoxy) is 1. The van der Waals surface area contributed by atoms with Crippen molar-refractivity contribution in [3.05, 3.63) is 29.5 Å². The lowest BCUT2D eigenvalue weighted by molar-refractivity contribution is -0.145. The molecular weight excluding hydrogens is 475 g/mol. The SMILES string of the molecule is Cc1nc(NC2CC(Cc3cnc(C(F)(F)F)nc3)C2)nc2c1NC(=O)C([C@@H](C)OC(C)(C)C)N2C. The van der Waals surface area contributed by atoms with E-state index in [0.717, 1.165) is 12.8 Å². The Kier molecular flexibility index (Phi) is 6.84. The van der Waals surface area contributed by atoms with E-state index >= 15 is 0 Å². The van der Waals surface area contributed by atoms with Crippen LogP contribution in [0.25, 0.3) is 0 Å². The molecule has 1 amide bonds. The lowest BCUT2D eigenvalue weighted by atomic mass is 9.77. The number of aryl methyl sites for hydroxylation is 1. The number of hydrogen-bond donors (Lipinski definition) is 2. The van der Waals surface area contributed by atoms with Crippen molar-refractivity contribution in [3.8, 4) is 0 Å². The van der Waals surface area contributed by atoms with Crippen LogP contribution in [0.3, 0.4) is 0 Å². The molecule has 0 bridgehead atoms. The molecule has 0 radical (unpaired) electrons. The average Bonchev–Trinajstić information content (AvgIpc) is 2.71. The third-order valence-corrected chi connectivity index (χ3v) is 6.38. The largest absolute Gasteiger partial charge is 0.451 e. The molecule has 196 valence electrons. The molecule has 2 aliphatic rings. The first-order valence-corrected chi connectivity index (χ1v) is 12.0. The van der Waals surface area contributed by atoms with E-state index in [1.807, 2.05) is 46.6 Å². The Morgan fingerprint density at radius 1 is 1.19 bits per heavy atom. The molecule has 1 aliphatic heterocycles. The number of aromatic nitrogens is 4. The molecule has 0 aromatic carbocycles. The number of anilines is 3. The number of carbonyl (C=O) groups is 1. The van der Waals surface area contributed by atoms with Crippen LogP contribution in [-0.4, -0.2) is 56.7 Å². The van der Waals surface area contributed by atoms with Crippen LogP contribution in [0.15, 0.2) is 12.4 Å². The van der Waals surface area contributed by atoms with E-state index < -0.39 is 23.6 Å². The molecule has 12 heteroatoms. The topological polar surface area (TPSA) is 105 Å². The first-order valence-electron chi connectivity index (χ1n) is 12.0. The standard InChI is InChI=1S/C24H32F3N7O2/c1-12-17-19(34(6)18(20(35)32-17)13(2)36-23(3,4)5)33-22(30-12)31-16-8-14(9-16)7-15-10-28-21(29-11-15)24(25,26)27/h10-11,13-14,16,18H,7-9H2,1-6H3,(H,32,35)(H,30,31,33)/t13-,14?,16?,18?/m1/s1. The highest BCUT2D eigenvalue weighted by Gasteiger charge is 2.39. The number of nitrogens with one attached hydrogen (secondary N) is 2. The Morgan fingerprint density at radius 2 is 1.83 bits per heavy atom. The molecule has 4 rings (SSSR count). The third-order valence-electron chi connectivity index (χ3n) is 6.38. The molecule has 1 aliphatic carbocycles. The highest BCUT2D eigenvalue weighted by atomic mass is 19.4. The van der Waals surface area contributed by atoms with Crippen LogP contribution < -0.4 is 15.5 Å². The van der Waals surface area contributed by atoms with Gasteiger partial charge in [-0.25, -0.2) is 15.0 Å². The second-order valence-electron chi connectivity index (χ2n) is 10.6. The number of rotatable bonds is 6. The van der Waals surface area contributed by atoms with E-state index in [1.54, 1.807) is 0 Å². The minimum atomic E-state index is -4.54. The molecule has 0 spiro atoms. The molecule has 36 heavy (non-hydrogen) atoms. The van der Waals surface area contributed by atoms with Crippen LogP contribution >= 0.6 is 0 Å². The lowest BCUT2D eigenvalue weighted by Crippen LogP contribution is -2.54. The molecule has 1 unspecified atom stereocenters. The first-order chi connectivity index (χ1) is 16.7. The number of carbonyl (C=O) groups excluding carboxylic acids is 1. The molecule has 2 aromatic heterocycles. The molecule has 2 aromatic rings. The predicted octanol–water partition coefficient (Wildman–Crippen LogP) is 3.99. The van der Waals surface area contributed by atoms with E-state index in [-0.39, 0.29) is 18.1 Å². The van der Waals surface area contributed by atoms with Gasteiger partial charge in [-0.05, 0) is 65.4 Å². The molecule has 9 nitrogen and oxygen atoms in total. The lowest BCUT2D eigenvalue weighted by Gasteiger charge is -2.40.